The first-order valence-corrected chi connectivity index (χ1v) is 22.5. The van der Waals surface area contributed by atoms with Crippen LogP contribution in [-0.4, -0.2) is 0 Å². The Labute approximate surface area is 376 Å². The van der Waals surface area contributed by atoms with Crippen molar-refractivity contribution >= 4 is 55.7 Å². The van der Waals surface area contributed by atoms with Crippen LogP contribution in [0.4, 0.5) is 34.1 Å². The minimum atomic E-state index is -0.268. The van der Waals surface area contributed by atoms with Gasteiger partial charge in [-0.05, 0) is 115 Å². The summed E-state index contributed by atoms with van der Waals surface area (Å²) < 4.78 is 0. The van der Waals surface area contributed by atoms with Gasteiger partial charge in [0.1, 0.15) is 0 Å². The van der Waals surface area contributed by atoms with E-state index < -0.39 is 0 Å². The van der Waals surface area contributed by atoms with Crippen LogP contribution in [0.3, 0.4) is 0 Å². The minimum Gasteiger partial charge on any atom is -0.310 e. The molecule has 0 saturated heterocycles. The number of anilines is 6. The molecule has 2 heteroatoms. The summed E-state index contributed by atoms with van der Waals surface area (Å²) in [4.78, 5) is 5.05. The van der Waals surface area contributed by atoms with Gasteiger partial charge in [0.2, 0.25) is 0 Å². The first-order chi connectivity index (χ1) is 31.3. The van der Waals surface area contributed by atoms with E-state index in [2.05, 4.69) is 256 Å². The molecule has 2 nitrogen and oxygen atoms in total. The zero-order valence-electron chi connectivity index (χ0n) is 36.7. The highest BCUT2D eigenvalue weighted by Gasteiger charge is 2.39. The Kier molecular flexibility index (Phi) is 8.58. The van der Waals surface area contributed by atoms with Crippen molar-refractivity contribution in [3.05, 3.63) is 241 Å². The highest BCUT2D eigenvalue weighted by Crippen LogP contribution is 2.57. The number of nitrogens with zero attached hydrogens (tertiary/aromatic N) is 2. The third kappa shape index (κ3) is 5.86. The fourth-order valence-electron chi connectivity index (χ4n) is 10.9. The van der Waals surface area contributed by atoms with Gasteiger partial charge in [-0.15, -0.1) is 0 Å². The van der Waals surface area contributed by atoms with Crippen LogP contribution in [0.15, 0.2) is 218 Å². The summed E-state index contributed by atoms with van der Waals surface area (Å²) in [7, 11) is 0. The minimum absolute atomic E-state index is 0.145. The molecule has 306 valence electrons. The SMILES string of the molecule is CC1(C)c2ccccc2-c2ccc(N(c3cccc(-c4ccccc4)c3)c3ccc4c(c3)N(c3c(-c5ccc6ccccc6c5)ccc5ccccc35)c3ccccc3C4(C)C)cc21. The van der Waals surface area contributed by atoms with Crippen molar-refractivity contribution in [2.45, 2.75) is 38.5 Å². The lowest BCUT2D eigenvalue weighted by Gasteiger charge is -2.43. The highest BCUT2D eigenvalue weighted by molar-refractivity contribution is 6.08. The molecule has 0 radical (unpaired) electrons. The van der Waals surface area contributed by atoms with Gasteiger partial charge in [0.25, 0.3) is 0 Å². The summed E-state index contributed by atoms with van der Waals surface area (Å²) in [6.07, 6.45) is 0. The van der Waals surface area contributed by atoms with Gasteiger partial charge in [0, 0.05) is 38.8 Å². The Morgan fingerprint density at radius 2 is 0.922 bits per heavy atom. The number of rotatable bonds is 6. The van der Waals surface area contributed by atoms with Crippen LogP contribution in [-0.2, 0) is 10.8 Å². The molecule has 0 bridgehead atoms. The first kappa shape index (κ1) is 38.0. The van der Waals surface area contributed by atoms with Gasteiger partial charge in [-0.25, -0.2) is 0 Å². The van der Waals surface area contributed by atoms with E-state index in [0.717, 1.165) is 17.1 Å². The maximum atomic E-state index is 2.58. The molecule has 0 atom stereocenters. The van der Waals surface area contributed by atoms with Gasteiger partial charge in [-0.3, -0.25) is 0 Å². The maximum Gasteiger partial charge on any atom is 0.0618 e. The monoisotopic (exact) mass is 820 g/mol. The number of hydrogen-bond acceptors (Lipinski definition) is 2. The van der Waals surface area contributed by atoms with Crippen LogP contribution in [0.5, 0.6) is 0 Å². The molecule has 0 spiro atoms. The van der Waals surface area contributed by atoms with E-state index in [1.54, 1.807) is 0 Å². The predicted molar refractivity (Wildman–Crippen MR) is 271 cm³/mol. The number of para-hydroxylation sites is 1. The highest BCUT2D eigenvalue weighted by atomic mass is 15.2. The van der Waals surface area contributed by atoms with E-state index in [9.17, 15) is 0 Å². The molecule has 64 heavy (non-hydrogen) atoms. The molecule has 0 saturated carbocycles. The fourth-order valence-corrected chi connectivity index (χ4v) is 10.9. The van der Waals surface area contributed by atoms with Gasteiger partial charge >= 0.3 is 0 Å². The molecule has 1 heterocycles. The summed E-state index contributed by atoms with van der Waals surface area (Å²) >= 11 is 0. The molecule has 0 amide bonds. The molecular weight excluding hydrogens is 773 g/mol. The van der Waals surface area contributed by atoms with Gasteiger partial charge in [0.05, 0.1) is 17.1 Å². The smallest absolute Gasteiger partial charge is 0.0618 e. The van der Waals surface area contributed by atoms with Crippen molar-refractivity contribution in [3.8, 4) is 33.4 Å². The molecule has 10 aromatic rings. The van der Waals surface area contributed by atoms with Crippen LogP contribution in [0.2, 0.25) is 0 Å². The van der Waals surface area contributed by atoms with E-state index in [4.69, 9.17) is 0 Å². The molecular formula is C62H48N2. The van der Waals surface area contributed by atoms with Crippen LogP contribution < -0.4 is 9.80 Å². The maximum absolute atomic E-state index is 2.58. The molecule has 2 aliphatic rings. The fraction of sp³-hybridized carbons (Fsp3) is 0.0968. The third-order valence-corrected chi connectivity index (χ3v) is 14.2. The van der Waals surface area contributed by atoms with Gasteiger partial charge in [-0.2, -0.15) is 0 Å². The van der Waals surface area contributed by atoms with Crippen LogP contribution in [0, 0.1) is 0 Å². The van der Waals surface area contributed by atoms with Crippen LogP contribution in [0.1, 0.15) is 49.9 Å². The summed E-state index contributed by atoms with van der Waals surface area (Å²) in [5, 5.41) is 4.90. The Bertz CT molecular complexity index is 3470. The molecule has 12 rings (SSSR count). The molecule has 0 fully saturated rings. The van der Waals surface area contributed by atoms with Crippen LogP contribution >= 0.6 is 0 Å². The average Bonchev–Trinajstić information content (AvgIpc) is 3.57. The molecule has 0 N–H and O–H groups in total. The largest absolute Gasteiger partial charge is 0.310 e. The van der Waals surface area contributed by atoms with Gasteiger partial charge in [0.15, 0.2) is 0 Å². The standard InChI is InChI=1S/C62H48N2/c1-61(2)54-26-13-12-25-52(54)53-35-32-48(39-57(53)61)63(47-23-16-22-45(38-47)41-17-6-5-7-18-41)49-33-36-56-59(40-49)64(58-28-15-14-27-55(58)62(56,3)4)60-50-24-11-10-20-43(50)31-34-51(60)46-30-29-42-19-8-9-21-44(42)37-46/h5-40H,1-4H3. The second-order valence-electron chi connectivity index (χ2n) is 18.6. The van der Waals surface area contributed by atoms with Gasteiger partial charge < -0.3 is 9.80 Å². The van der Waals surface area contributed by atoms with E-state index in [1.807, 2.05) is 0 Å². The quantitative estimate of drug-likeness (QED) is 0.165. The molecule has 0 aromatic heterocycles. The van der Waals surface area contributed by atoms with Crippen molar-refractivity contribution < 1.29 is 0 Å². The number of fused-ring (bicyclic) bond motifs is 7. The summed E-state index contributed by atoms with van der Waals surface area (Å²) in [6.45, 7) is 9.51. The summed E-state index contributed by atoms with van der Waals surface area (Å²) in [5.74, 6) is 0. The Hall–Kier alpha value is -7.68. The zero-order valence-corrected chi connectivity index (χ0v) is 36.7. The first-order valence-electron chi connectivity index (χ1n) is 22.5. The Morgan fingerprint density at radius 1 is 0.328 bits per heavy atom. The van der Waals surface area contributed by atoms with Crippen molar-refractivity contribution in [1.29, 1.82) is 0 Å². The molecule has 1 aliphatic heterocycles. The molecule has 0 unspecified atom stereocenters. The second-order valence-corrected chi connectivity index (χ2v) is 18.6. The molecule has 10 aromatic carbocycles. The van der Waals surface area contributed by atoms with Gasteiger partial charge in [-0.1, -0.05) is 198 Å². The van der Waals surface area contributed by atoms with E-state index >= 15 is 0 Å². The molecule has 1 aliphatic carbocycles. The Morgan fingerprint density at radius 3 is 1.78 bits per heavy atom. The number of benzene rings is 10. The van der Waals surface area contributed by atoms with Crippen molar-refractivity contribution in [3.63, 3.8) is 0 Å². The number of hydrogen-bond donors (Lipinski definition) is 0. The van der Waals surface area contributed by atoms with E-state index in [-0.39, 0.29) is 10.8 Å². The summed E-state index contributed by atoms with van der Waals surface area (Å²) in [6, 6.07) is 81.1. The van der Waals surface area contributed by atoms with Crippen LogP contribution in [0.25, 0.3) is 54.9 Å². The second kappa shape index (κ2) is 14.4. The zero-order chi connectivity index (χ0) is 43.2. The lowest BCUT2D eigenvalue weighted by Crippen LogP contribution is -2.31. The third-order valence-electron chi connectivity index (χ3n) is 14.2. The van der Waals surface area contributed by atoms with Crippen molar-refractivity contribution in [2.75, 3.05) is 9.80 Å². The van der Waals surface area contributed by atoms with Crippen molar-refractivity contribution in [2.24, 2.45) is 0 Å². The topological polar surface area (TPSA) is 6.48 Å². The summed E-state index contributed by atoms with van der Waals surface area (Å²) in [5.41, 5.74) is 19.2. The lowest BCUT2D eigenvalue weighted by atomic mass is 9.73. The normalized spacial score (nSPS) is 14.2. The Balaban J connectivity index is 1.12. The van der Waals surface area contributed by atoms with E-state index in [0.29, 0.717) is 0 Å². The lowest BCUT2D eigenvalue weighted by molar-refractivity contribution is 0.632. The predicted octanol–water partition coefficient (Wildman–Crippen LogP) is 17.2. The van der Waals surface area contributed by atoms with E-state index in [1.165, 1.54) is 94.2 Å². The van der Waals surface area contributed by atoms with Crippen molar-refractivity contribution in [1.82, 2.24) is 0 Å². The average molecular weight is 821 g/mol.